The second-order valence-corrected chi connectivity index (χ2v) is 4.96. The average molecular weight is 268 g/mol. The number of carbonyl (C=O) groups is 1. The van der Waals surface area contributed by atoms with Crippen molar-refractivity contribution in [3.05, 3.63) is 34.9 Å². The van der Waals surface area contributed by atoms with Crippen molar-refractivity contribution in [3.63, 3.8) is 0 Å². The van der Waals surface area contributed by atoms with Crippen LogP contribution < -0.4 is 5.32 Å². The SMILES string of the molecule is CCCC[C@@H](CC)C(=O)NCc1ccccc1Cl. The molecule has 0 aliphatic heterocycles. The fourth-order valence-electron chi connectivity index (χ4n) is 1.94. The summed E-state index contributed by atoms with van der Waals surface area (Å²) >= 11 is 6.05. The molecular weight excluding hydrogens is 246 g/mol. The highest BCUT2D eigenvalue weighted by Crippen LogP contribution is 2.16. The van der Waals surface area contributed by atoms with Crippen LogP contribution in [0, 0.1) is 5.92 Å². The number of unbranched alkanes of at least 4 members (excludes halogenated alkanes) is 1. The van der Waals surface area contributed by atoms with Gasteiger partial charge in [-0.3, -0.25) is 4.79 Å². The summed E-state index contributed by atoms with van der Waals surface area (Å²) in [5.74, 6) is 0.276. The van der Waals surface area contributed by atoms with Crippen LogP contribution in [0.2, 0.25) is 5.02 Å². The monoisotopic (exact) mass is 267 g/mol. The number of benzene rings is 1. The van der Waals surface area contributed by atoms with E-state index in [9.17, 15) is 4.79 Å². The van der Waals surface area contributed by atoms with E-state index < -0.39 is 0 Å². The average Bonchev–Trinajstić information content (AvgIpc) is 2.38. The molecule has 3 heteroatoms. The molecule has 0 aliphatic carbocycles. The minimum Gasteiger partial charge on any atom is -0.352 e. The molecule has 1 rings (SSSR count). The molecule has 0 aliphatic rings. The van der Waals surface area contributed by atoms with E-state index in [1.54, 1.807) is 0 Å². The maximum atomic E-state index is 12.0. The number of carbonyl (C=O) groups excluding carboxylic acids is 1. The molecule has 1 aromatic carbocycles. The zero-order valence-electron chi connectivity index (χ0n) is 11.2. The second-order valence-electron chi connectivity index (χ2n) is 4.56. The second kappa shape index (κ2) is 8.15. The van der Waals surface area contributed by atoms with Crippen LogP contribution in [0.15, 0.2) is 24.3 Å². The lowest BCUT2D eigenvalue weighted by Crippen LogP contribution is -2.30. The largest absolute Gasteiger partial charge is 0.352 e. The summed E-state index contributed by atoms with van der Waals surface area (Å²) < 4.78 is 0. The molecule has 0 bridgehead atoms. The third-order valence-electron chi connectivity index (χ3n) is 3.18. The first kappa shape index (κ1) is 15.0. The van der Waals surface area contributed by atoms with Gasteiger partial charge < -0.3 is 5.32 Å². The van der Waals surface area contributed by atoms with Crippen LogP contribution in [0.3, 0.4) is 0 Å². The Kier molecular flexibility index (Phi) is 6.81. The van der Waals surface area contributed by atoms with E-state index in [0.717, 1.165) is 31.2 Å². The molecule has 1 amide bonds. The number of rotatable bonds is 7. The molecule has 18 heavy (non-hydrogen) atoms. The van der Waals surface area contributed by atoms with Crippen molar-refractivity contribution in [2.75, 3.05) is 0 Å². The van der Waals surface area contributed by atoms with Crippen LogP contribution in [0.25, 0.3) is 0 Å². The maximum absolute atomic E-state index is 12.0. The normalized spacial score (nSPS) is 12.2. The van der Waals surface area contributed by atoms with Crippen molar-refractivity contribution in [2.24, 2.45) is 5.92 Å². The maximum Gasteiger partial charge on any atom is 0.223 e. The zero-order chi connectivity index (χ0) is 13.4. The Balaban J connectivity index is 2.47. The third-order valence-corrected chi connectivity index (χ3v) is 3.55. The highest BCUT2D eigenvalue weighted by Gasteiger charge is 2.15. The van der Waals surface area contributed by atoms with Gasteiger partial charge in [0.15, 0.2) is 0 Å². The van der Waals surface area contributed by atoms with Crippen molar-refractivity contribution in [1.29, 1.82) is 0 Å². The lowest BCUT2D eigenvalue weighted by Gasteiger charge is -2.15. The smallest absolute Gasteiger partial charge is 0.223 e. The first-order valence-corrected chi connectivity index (χ1v) is 7.07. The fourth-order valence-corrected chi connectivity index (χ4v) is 2.14. The standard InChI is InChI=1S/C15H22ClNO/c1-3-5-8-12(4-2)15(18)17-11-13-9-6-7-10-14(13)16/h6-7,9-10,12H,3-5,8,11H2,1-2H3,(H,17,18)/t12-/m1/s1. The van der Waals surface area contributed by atoms with Gasteiger partial charge in [-0.25, -0.2) is 0 Å². The highest BCUT2D eigenvalue weighted by molar-refractivity contribution is 6.31. The molecule has 0 radical (unpaired) electrons. The van der Waals surface area contributed by atoms with Gasteiger partial charge in [-0.1, -0.05) is 56.5 Å². The van der Waals surface area contributed by atoms with Gasteiger partial charge in [0.05, 0.1) is 0 Å². The molecule has 0 fully saturated rings. The van der Waals surface area contributed by atoms with E-state index in [-0.39, 0.29) is 11.8 Å². The first-order valence-electron chi connectivity index (χ1n) is 6.70. The Morgan fingerprint density at radius 1 is 1.33 bits per heavy atom. The van der Waals surface area contributed by atoms with Crippen LogP contribution in [0.1, 0.15) is 45.1 Å². The lowest BCUT2D eigenvalue weighted by molar-refractivity contribution is -0.125. The van der Waals surface area contributed by atoms with Gasteiger partial charge in [-0.05, 0) is 24.5 Å². The number of hydrogen-bond acceptors (Lipinski definition) is 1. The predicted molar refractivity (Wildman–Crippen MR) is 76.6 cm³/mol. The Labute approximate surface area is 115 Å². The summed E-state index contributed by atoms with van der Waals surface area (Å²) in [7, 11) is 0. The molecule has 2 nitrogen and oxygen atoms in total. The van der Waals surface area contributed by atoms with Gasteiger partial charge in [-0.2, -0.15) is 0 Å². The summed E-state index contributed by atoms with van der Waals surface area (Å²) in [6, 6.07) is 7.61. The van der Waals surface area contributed by atoms with Crippen molar-refractivity contribution in [3.8, 4) is 0 Å². The summed E-state index contributed by atoms with van der Waals surface area (Å²) in [5.41, 5.74) is 0.970. The van der Waals surface area contributed by atoms with Crippen LogP contribution >= 0.6 is 11.6 Å². The topological polar surface area (TPSA) is 29.1 Å². The van der Waals surface area contributed by atoms with Crippen LogP contribution in [-0.4, -0.2) is 5.91 Å². The number of nitrogens with one attached hydrogen (secondary N) is 1. The molecule has 1 aromatic rings. The van der Waals surface area contributed by atoms with Gasteiger partial charge in [0.2, 0.25) is 5.91 Å². The van der Waals surface area contributed by atoms with E-state index in [2.05, 4.69) is 19.2 Å². The van der Waals surface area contributed by atoms with Crippen LogP contribution in [-0.2, 0) is 11.3 Å². The van der Waals surface area contributed by atoms with Crippen LogP contribution in [0.5, 0.6) is 0 Å². The van der Waals surface area contributed by atoms with Crippen molar-refractivity contribution in [1.82, 2.24) is 5.32 Å². The minimum atomic E-state index is 0.132. The van der Waals surface area contributed by atoms with Gasteiger partial charge in [0, 0.05) is 17.5 Å². The molecule has 1 N–H and O–H groups in total. The molecule has 0 saturated carbocycles. The number of halogens is 1. The fraction of sp³-hybridized carbons (Fsp3) is 0.533. The quantitative estimate of drug-likeness (QED) is 0.789. The van der Waals surface area contributed by atoms with Crippen molar-refractivity contribution < 1.29 is 4.79 Å². The van der Waals surface area contributed by atoms with E-state index in [4.69, 9.17) is 11.6 Å². The van der Waals surface area contributed by atoms with Gasteiger partial charge in [-0.15, -0.1) is 0 Å². The summed E-state index contributed by atoms with van der Waals surface area (Å²) in [4.78, 5) is 12.0. The summed E-state index contributed by atoms with van der Waals surface area (Å²) in [6.07, 6.45) is 4.11. The Hall–Kier alpha value is -1.02. The molecule has 0 heterocycles. The third kappa shape index (κ3) is 4.69. The Morgan fingerprint density at radius 3 is 2.67 bits per heavy atom. The van der Waals surface area contributed by atoms with Crippen molar-refractivity contribution >= 4 is 17.5 Å². The predicted octanol–water partition coefficient (Wildman–Crippen LogP) is 4.17. The molecule has 0 spiro atoms. The zero-order valence-corrected chi connectivity index (χ0v) is 12.0. The molecule has 0 saturated heterocycles. The molecular formula is C15H22ClNO. The number of amides is 1. The first-order chi connectivity index (χ1) is 8.69. The summed E-state index contributed by atoms with van der Waals surface area (Å²) in [6.45, 7) is 4.73. The van der Waals surface area contributed by atoms with E-state index >= 15 is 0 Å². The molecule has 1 atom stereocenters. The van der Waals surface area contributed by atoms with Crippen molar-refractivity contribution in [2.45, 2.75) is 46.1 Å². The number of hydrogen-bond donors (Lipinski definition) is 1. The molecule has 100 valence electrons. The Morgan fingerprint density at radius 2 is 2.06 bits per heavy atom. The van der Waals surface area contributed by atoms with Crippen LogP contribution in [0.4, 0.5) is 0 Å². The van der Waals surface area contributed by atoms with E-state index in [1.807, 2.05) is 24.3 Å². The molecule has 0 unspecified atom stereocenters. The van der Waals surface area contributed by atoms with Gasteiger partial charge in [0.1, 0.15) is 0 Å². The van der Waals surface area contributed by atoms with E-state index in [0.29, 0.717) is 11.6 Å². The van der Waals surface area contributed by atoms with Gasteiger partial charge >= 0.3 is 0 Å². The lowest BCUT2D eigenvalue weighted by atomic mass is 9.98. The molecule has 0 aromatic heterocycles. The summed E-state index contributed by atoms with van der Waals surface area (Å²) in [5, 5.41) is 3.68. The highest BCUT2D eigenvalue weighted by atomic mass is 35.5. The Bertz CT molecular complexity index is 379. The van der Waals surface area contributed by atoms with E-state index in [1.165, 1.54) is 0 Å². The van der Waals surface area contributed by atoms with Gasteiger partial charge in [0.25, 0.3) is 0 Å². The minimum absolute atomic E-state index is 0.132.